The van der Waals surface area contributed by atoms with Crippen LogP contribution in [0.25, 0.3) is 0 Å². The number of hydrogen-bond donors (Lipinski definition) is 2. The summed E-state index contributed by atoms with van der Waals surface area (Å²) >= 11 is 0. The quantitative estimate of drug-likeness (QED) is 0.870. The van der Waals surface area contributed by atoms with E-state index in [1.54, 1.807) is 12.1 Å². The van der Waals surface area contributed by atoms with E-state index in [-0.39, 0.29) is 11.8 Å². The van der Waals surface area contributed by atoms with Crippen molar-refractivity contribution >= 4 is 6.03 Å². The molecule has 4 bridgehead atoms. The fraction of sp³-hybridized carbons (Fsp3) is 0.632. The molecule has 0 saturated heterocycles. The largest absolute Gasteiger partial charge is 0.338 e. The van der Waals surface area contributed by atoms with E-state index in [0.717, 1.165) is 29.9 Å². The van der Waals surface area contributed by atoms with Gasteiger partial charge in [-0.05, 0) is 79.4 Å². The number of halogens is 1. The molecule has 1 aromatic rings. The molecule has 4 aliphatic carbocycles. The molecule has 0 unspecified atom stereocenters. The molecule has 2 amide bonds. The van der Waals surface area contributed by atoms with Gasteiger partial charge in [-0.1, -0.05) is 12.1 Å². The van der Waals surface area contributed by atoms with Gasteiger partial charge in [-0.2, -0.15) is 0 Å². The Kier molecular flexibility index (Phi) is 3.78. The third kappa shape index (κ3) is 3.22. The molecule has 124 valence electrons. The number of urea groups is 1. The highest BCUT2D eigenvalue weighted by Gasteiger charge is 2.50. The smallest absolute Gasteiger partial charge is 0.315 e. The fourth-order valence-corrected chi connectivity index (χ4v) is 5.62. The van der Waals surface area contributed by atoms with E-state index in [2.05, 4.69) is 10.6 Å². The zero-order valence-electron chi connectivity index (χ0n) is 13.5. The van der Waals surface area contributed by atoms with Crippen LogP contribution in [0.2, 0.25) is 0 Å². The Labute approximate surface area is 137 Å². The van der Waals surface area contributed by atoms with Crippen molar-refractivity contribution in [1.82, 2.24) is 10.6 Å². The molecule has 0 aliphatic heterocycles. The van der Waals surface area contributed by atoms with Crippen LogP contribution in [0.4, 0.5) is 9.18 Å². The first kappa shape index (κ1) is 15.0. The number of hydrogen-bond acceptors (Lipinski definition) is 1. The molecule has 4 heteroatoms. The summed E-state index contributed by atoms with van der Waals surface area (Å²) in [6, 6.07) is 6.14. The zero-order chi connectivity index (χ0) is 15.9. The van der Waals surface area contributed by atoms with Gasteiger partial charge in [-0.25, -0.2) is 9.18 Å². The summed E-state index contributed by atoms with van der Waals surface area (Å²) in [5, 5.41) is 5.98. The van der Waals surface area contributed by atoms with Crippen LogP contribution in [0.5, 0.6) is 0 Å². The van der Waals surface area contributed by atoms with Crippen LogP contribution in [0.3, 0.4) is 0 Å². The molecule has 0 aromatic heterocycles. The number of carbonyl (C=O) groups excluding carboxylic acids is 1. The van der Waals surface area contributed by atoms with E-state index in [1.807, 2.05) is 0 Å². The molecule has 3 nitrogen and oxygen atoms in total. The van der Waals surface area contributed by atoms with Gasteiger partial charge in [0.15, 0.2) is 0 Å². The molecule has 23 heavy (non-hydrogen) atoms. The van der Waals surface area contributed by atoms with E-state index in [9.17, 15) is 9.18 Å². The van der Waals surface area contributed by atoms with Crippen LogP contribution in [-0.4, -0.2) is 12.6 Å². The first-order valence-corrected chi connectivity index (χ1v) is 8.86. The van der Waals surface area contributed by atoms with Gasteiger partial charge in [0, 0.05) is 13.1 Å². The second kappa shape index (κ2) is 5.81. The second-order valence-electron chi connectivity index (χ2n) is 8.08. The number of carbonyl (C=O) groups is 1. The summed E-state index contributed by atoms with van der Waals surface area (Å²) in [7, 11) is 0. The molecule has 1 aromatic carbocycles. The van der Waals surface area contributed by atoms with E-state index in [0.29, 0.717) is 12.0 Å². The van der Waals surface area contributed by atoms with Crippen molar-refractivity contribution < 1.29 is 9.18 Å². The maximum absolute atomic E-state index is 12.9. The second-order valence-corrected chi connectivity index (χ2v) is 8.08. The maximum atomic E-state index is 12.9. The van der Waals surface area contributed by atoms with Gasteiger partial charge < -0.3 is 10.6 Å². The lowest BCUT2D eigenvalue weighted by Gasteiger charge is -2.56. The molecule has 4 aliphatic rings. The number of benzene rings is 1. The Bertz CT molecular complexity index is 548. The van der Waals surface area contributed by atoms with Crippen molar-refractivity contribution in [3.63, 3.8) is 0 Å². The molecule has 5 rings (SSSR count). The number of rotatable bonds is 4. The van der Waals surface area contributed by atoms with Gasteiger partial charge in [-0.15, -0.1) is 0 Å². The van der Waals surface area contributed by atoms with E-state index < -0.39 is 0 Å². The van der Waals surface area contributed by atoms with Crippen LogP contribution in [0.1, 0.15) is 44.1 Å². The van der Waals surface area contributed by atoms with Crippen molar-refractivity contribution in [2.45, 2.75) is 45.1 Å². The summed E-state index contributed by atoms with van der Waals surface area (Å²) in [5.74, 6) is 2.47. The monoisotopic (exact) mass is 316 g/mol. The highest BCUT2D eigenvalue weighted by Crippen LogP contribution is 2.59. The van der Waals surface area contributed by atoms with Gasteiger partial charge in [0.1, 0.15) is 5.82 Å². The van der Waals surface area contributed by atoms with Crippen molar-refractivity contribution in [3.8, 4) is 0 Å². The molecular weight excluding hydrogens is 291 g/mol. The van der Waals surface area contributed by atoms with Gasteiger partial charge in [0.25, 0.3) is 0 Å². The minimum absolute atomic E-state index is 0.106. The molecule has 0 radical (unpaired) electrons. The van der Waals surface area contributed by atoms with Crippen LogP contribution >= 0.6 is 0 Å². The van der Waals surface area contributed by atoms with E-state index in [4.69, 9.17) is 0 Å². The molecule has 0 spiro atoms. The van der Waals surface area contributed by atoms with E-state index >= 15 is 0 Å². The molecular formula is C19H25FN2O. The Morgan fingerprint density at radius 1 is 1.00 bits per heavy atom. The first-order valence-electron chi connectivity index (χ1n) is 8.86. The molecule has 4 saturated carbocycles. The minimum atomic E-state index is -0.250. The Morgan fingerprint density at radius 2 is 1.57 bits per heavy atom. The lowest BCUT2D eigenvalue weighted by Crippen LogP contribution is -2.52. The lowest BCUT2D eigenvalue weighted by molar-refractivity contribution is -0.0498. The maximum Gasteiger partial charge on any atom is 0.315 e. The standard InChI is InChI=1S/C19H25FN2O/c20-17-3-1-13(2-4-17)11-21-18(23)22-12-19-8-14-5-15(9-19)7-16(6-14)10-19/h1-4,14-16H,5-12H2,(H2,21,22,23). The number of amides is 2. The van der Waals surface area contributed by atoms with Crippen LogP contribution in [-0.2, 0) is 6.54 Å². The normalized spacial score (nSPS) is 34.4. The van der Waals surface area contributed by atoms with E-state index in [1.165, 1.54) is 50.7 Å². The summed E-state index contributed by atoms with van der Waals surface area (Å²) in [4.78, 5) is 12.1. The minimum Gasteiger partial charge on any atom is -0.338 e. The average Bonchev–Trinajstić information content (AvgIpc) is 2.51. The highest BCUT2D eigenvalue weighted by molar-refractivity contribution is 5.73. The van der Waals surface area contributed by atoms with Crippen molar-refractivity contribution in [3.05, 3.63) is 35.6 Å². The van der Waals surface area contributed by atoms with Crippen molar-refractivity contribution in [2.75, 3.05) is 6.54 Å². The van der Waals surface area contributed by atoms with Gasteiger partial charge in [0.05, 0.1) is 0 Å². The number of nitrogens with one attached hydrogen (secondary N) is 2. The summed E-state index contributed by atoms with van der Waals surface area (Å²) < 4.78 is 12.9. The molecule has 2 N–H and O–H groups in total. The van der Waals surface area contributed by atoms with Crippen molar-refractivity contribution in [2.24, 2.45) is 23.2 Å². The van der Waals surface area contributed by atoms with Gasteiger partial charge >= 0.3 is 6.03 Å². The fourth-order valence-electron chi connectivity index (χ4n) is 5.62. The lowest BCUT2D eigenvalue weighted by atomic mass is 9.49. The molecule has 4 fully saturated rings. The van der Waals surface area contributed by atoms with Crippen LogP contribution in [0.15, 0.2) is 24.3 Å². The Morgan fingerprint density at radius 3 is 2.13 bits per heavy atom. The average molecular weight is 316 g/mol. The predicted molar refractivity (Wildman–Crippen MR) is 87.2 cm³/mol. The Hall–Kier alpha value is -1.58. The van der Waals surface area contributed by atoms with Crippen LogP contribution < -0.4 is 10.6 Å². The molecule has 0 heterocycles. The van der Waals surface area contributed by atoms with Gasteiger partial charge in [0.2, 0.25) is 0 Å². The zero-order valence-corrected chi connectivity index (χ0v) is 13.5. The third-order valence-electron chi connectivity index (χ3n) is 6.16. The predicted octanol–water partition coefficient (Wildman–Crippen LogP) is 3.84. The first-order chi connectivity index (χ1) is 11.1. The summed E-state index contributed by atoms with van der Waals surface area (Å²) in [6.45, 7) is 1.25. The molecule has 0 atom stereocenters. The van der Waals surface area contributed by atoms with Gasteiger partial charge in [-0.3, -0.25) is 0 Å². The summed E-state index contributed by atoms with van der Waals surface area (Å²) in [5.41, 5.74) is 1.28. The third-order valence-corrected chi connectivity index (χ3v) is 6.16. The van der Waals surface area contributed by atoms with Crippen LogP contribution in [0, 0.1) is 29.0 Å². The Balaban J connectivity index is 1.27. The highest BCUT2D eigenvalue weighted by atomic mass is 19.1. The summed E-state index contributed by atoms with van der Waals surface area (Å²) in [6.07, 6.45) is 8.19. The van der Waals surface area contributed by atoms with Crippen molar-refractivity contribution in [1.29, 1.82) is 0 Å². The SMILES string of the molecule is O=C(NCc1ccc(F)cc1)NCC12CC3CC(CC(C3)C1)C2. The topological polar surface area (TPSA) is 41.1 Å².